The van der Waals surface area contributed by atoms with E-state index in [2.05, 4.69) is 5.32 Å². The summed E-state index contributed by atoms with van der Waals surface area (Å²) in [5.41, 5.74) is 2.06. The van der Waals surface area contributed by atoms with Crippen LogP contribution >= 0.6 is 0 Å². The fourth-order valence-electron chi connectivity index (χ4n) is 2.99. The van der Waals surface area contributed by atoms with Crippen LogP contribution < -0.4 is 5.32 Å². The van der Waals surface area contributed by atoms with Gasteiger partial charge in [-0.3, -0.25) is 0 Å². The maximum atomic E-state index is 12.3. The van der Waals surface area contributed by atoms with E-state index in [-0.39, 0.29) is 6.03 Å². The second kappa shape index (κ2) is 5.76. The largest absolute Gasteiger partial charge is 0.480 e. The number of fused-ring (bicyclic) bond motifs is 1. The summed E-state index contributed by atoms with van der Waals surface area (Å²) in [7, 11) is 0. The lowest BCUT2D eigenvalue weighted by molar-refractivity contribution is -0.142. The molecule has 0 bridgehead atoms. The quantitative estimate of drug-likeness (QED) is 0.894. The van der Waals surface area contributed by atoms with Gasteiger partial charge in [0, 0.05) is 19.5 Å². The number of carboxylic acids is 1. The number of rotatable bonds is 3. The highest BCUT2D eigenvalue weighted by atomic mass is 16.4. The molecule has 5 heteroatoms. The molecule has 1 aliphatic heterocycles. The van der Waals surface area contributed by atoms with Gasteiger partial charge >= 0.3 is 12.0 Å². The van der Waals surface area contributed by atoms with Crippen molar-refractivity contribution < 1.29 is 14.7 Å². The molecule has 0 radical (unpaired) electrons. The van der Waals surface area contributed by atoms with Crippen LogP contribution in [0.25, 0.3) is 0 Å². The van der Waals surface area contributed by atoms with E-state index in [0.29, 0.717) is 25.4 Å². The molecule has 1 aliphatic carbocycles. The van der Waals surface area contributed by atoms with Gasteiger partial charge in [-0.2, -0.15) is 0 Å². The van der Waals surface area contributed by atoms with E-state index in [1.165, 1.54) is 11.3 Å². The van der Waals surface area contributed by atoms with Gasteiger partial charge in [0.15, 0.2) is 0 Å². The first-order chi connectivity index (χ1) is 10.1. The van der Waals surface area contributed by atoms with E-state index < -0.39 is 12.0 Å². The molecule has 112 valence electrons. The number of benzene rings is 1. The van der Waals surface area contributed by atoms with E-state index in [4.69, 9.17) is 0 Å². The summed E-state index contributed by atoms with van der Waals surface area (Å²) in [5, 5.41) is 12.3. The third-order valence-corrected chi connectivity index (χ3v) is 4.56. The van der Waals surface area contributed by atoms with Crippen LogP contribution in [0.4, 0.5) is 4.79 Å². The molecule has 5 nitrogen and oxygen atoms in total. The molecule has 1 aromatic carbocycles. The molecule has 1 heterocycles. The monoisotopic (exact) mass is 288 g/mol. The number of nitrogens with one attached hydrogen (secondary N) is 1. The van der Waals surface area contributed by atoms with Crippen molar-refractivity contribution in [1.29, 1.82) is 0 Å². The van der Waals surface area contributed by atoms with Gasteiger partial charge in [0.25, 0.3) is 0 Å². The van der Waals surface area contributed by atoms with Gasteiger partial charge in [-0.1, -0.05) is 30.7 Å². The molecule has 1 aromatic rings. The number of hydrogen-bond donors (Lipinski definition) is 2. The second-order valence-electron chi connectivity index (χ2n) is 5.94. The lowest BCUT2D eigenvalue weighted by Gasteiger charge is -2.35. The van der Waals surface area contributed by atoms with Crippen molar-refractivity contribution in [2.45, 2.75) is 38.3 Å². The minimum absolute atomic E-state index is 0.260. The predicted octanol–water partition coefficient (Wildman–Crippen LogP) is 2.01. The molecule has 21 heavy (non-hydrogen) atoms. The molecule has 2 aliphatic rings. The van der Waals surface area contributed by atoms with E-state index in [0.717, 1.165) is 24.0 Å². The van der Waals surface area contributed by atoms with E-state index >= 15 is 0 Å². The number of hydrogen-bond acceptors (Lipinski definition) is 2. The zero-order valence-corrected chi connectivity index (χ0v) is 11.9. The summed E-state index contributed by atoms with van der Waals surface area (Å²) in [6.45, 7) is 1.02. The summed E-state index contributed by atoms with van der Waals surface area (Å²) in [4.78, 5) is 25.2. The Kier molecular flexibility index (Phi) is 3.82. The topological polar surface area (TPSA) is 69.6 Å². The first kappa shape index (κ1) is 13.9. The minimum Gasteiger partial charge on any atom is -0.480 e. The summed E-state index contributed by atoms with van der Waals surface area (Å²) >= 11 is 0. The van der Waals surface area contributed by atoms with Crippen molar-refractivity contribution >= 4 is 12.0 Å². The van der Waals surface area contributed by atoms with Gasteiger partial charge in [0.1, 0.15) is 6.04 Å². The molecule has 2 amide bonds. The van der Waals surface area contributed by atoms with Crippen molar-refractivity contribution in [2.75, 3.05) is 6.54 Å². The first-order valence-corrected chi connectivity index (χ1v) is 7.49. The van der Waals surface area contributed by atoms with Crippen LogP contribution in [0.2, 0.25) is 0 Å². The van der Waals surface area contributed by atoms with Crippen LogP contribution in [0.15, 0.2) is 24.3 Å². The fourth-order valence-corrected chi connectivity index (χ4v) is 2.99. The normalized spacial score (nSPS) is 21.3. The Labute approximate surface area is 123 Å². The molecule has 1 atom stereocenters. The van der Waals surface area contributed by atoms with Gasteiger partial charge in [-0.25, -0.2) is 9.59 Å². The summed E-state index contributed by atoms with van der Waals surface area (Å²) < 4.78 is 0. The number of urea groups is 1. The van der Waals surface area contributed by atoms with Crippen molar-refractivity contribution in [3.05, 3.63) is 35.4 Å². The van der Waals surface area contributed by atoms with E-state index in [1.54, 1.807) is 0 Å². The van der Waals surface area contributed by atoms with Crippen molar-refractivity contribution in [2.24, 2.45) is 5.92 Å². The lowest BCUT2D eigenvalue weighted by atomic mass is 9.85. The summed E-state index contributed by atoms with van der Waals surface area (Å²) in [6.07, 6.45) is 3.93. The Morgan fingerprint density at radius 3 is 2.57 bits per heavy atom. The van der Waals surface area contributed by atoms with Crippen LogP contribution in [0, 0.1) is 5.92 Å². The number of nitrogens with zero attached hydrogens (tertiary/aromatic N) is 1. The van der Waals surface area contributed by atoms with Gasteiger partial charge in [0.2, 0.25) is 0 Å². The third-order valence-electron chi connectivity index (χ3n) is 4.56. The number of carbonyl (C=O) groups is 2. The third kappa shape index (κ3) is 2.86. The lowest BCUT2D eigenvalue weighted by Crippen LogP contribution is -2.53. The van der Waals surface area contributed by atoms with Gasteiger partial charge < -0.3 is 15.3 Å². The highest BCUT2D eigenvalue weighted by Gasteiger charge is 2.34. The fraction of sp³-hybridized carbons (Fsp3) is 0.500. The van der Waals surface area contributed by atoms with Crippen LogP contribution in [0.3, 0.4) is 0 Å². The highest BCUT2D eigenvalue weighted by Crippen LogP contribution is 2.26. The SMILES string of the molecule is O=C(O)[C@H]1Cc2ccccc2CN1C(=O)NCC1CCC1. The van der Waals surface area contributed by atoms with E-state index in [1.807, 2.05) is 24.3 Å². The zero-order chi connectivity index (χ0) is 14.8. The van der Waals surface area contributed by atoms with Gasteiger partial charge in [-0.15, -0.1) is 0 Å². The van der Waals surface area contributed by atoms with Crippen LogP contribution in [0.5, 0.6) is 0 Å². The molecule has 0 unspecified atom stereocenters. The van der Waals surface area contributed by atoms with Crippen molar-refractivity contribution in [3.63, 3.8) is 0 Å². The molecule has 1 fully saturated rings. The van der Waals surface area contributed by atoms with Gasteiger partial charge in [-0.05, 0) is 29.9 Å². The van der Waals surface area contributed by atoms with Crippen molar-refractivity contribution in [3.8, 4) is 0 Å². The number of aliphatic carboxylic acids is 1. The average Bonchev–Trinajstić information content (AvgIpc) is 2.44. The van der Waals surface area contributed by atoms with Crippen LogP contribution in [-0.2, 0) is 17.8 Å². The first-order valence-electron chi connectivity index (χ1n) is 7.49. The minimum atomic E-state index is -0.941. The average molecular weight is 288 g/mol. The molecule has 3 rings (SSSR count). The van der Waals surface area contributed by atoms with Crippen molar-refractivity contribution in [1.82, 2.24) is 10.2 Å². The zero-order valence-electron chi connectivity index (χ0n) is 11.9. The Morgan fingerprint density at radius 2 is 1.95 bits per heavy atom. The number of carboxylic acid groups (broad SMARTS) is 1. The Balaban J connectivity index is 1.72. The predicted molar refractivity (Wildman–Crippen MR) is 77.9 cm³/mol. The molecule has 0 spiro atoms. The maximum absolute atomic E-state index is 12.3. The molecule has 2 N–H and O–H groups in total. The van der Waals surface area contributed by atoms with Crippen LogP contribution in [-0.4, -0.2) is 34.6 Å². The van der Waals surface area contributed by atoms with Gasteiger partial charge in [0.05, 0.1) is 0 Å². The van der Waals surface area contributed by atoms with E-state index in [9.17, 15) is 14.7 Å². The molecule has 0 saturated heterocycles. The standard InChI is InChI=1S/C16H20N2O3/c19-15(20)14-8-12-6-1-2-7-13(12)10-18(14)16(21)17-9-11-4-3-5-11/h1-2,6-7,11,14H,3-5,8-10H2,(H,17,21)(H,19,20)/t14-/m1/s1. The molecule has 0 aromatic heterocycles. The number of amides is 2. The summed E-state index contributed by atoms with van der Waals surface area (Å²) in [5.74, 6) is -0.377. The maximum Gasteiger partial charge on any atom is 0.326 e. The molecule has 1 saturated carbocycles. The molecular weight excluding hydrogens is 268 g/mol. The smallest absolute Gasteiger partial charge is 0.326 e. The molecular formula is C16H20N2O3. The number of carbonyl (C=O) groups excluding carboxylic acids is 1. The Hall–Kier alpha value is -2.04. The second-order valence-corrected chi connectivity index (χ2v) is 5.94. The highest BCUT2D eigenvalue weighted by molar-refractivity contribution is 5.83. The summed E-state index contributed by atoms with van der Waals surface area (Å²) in [6, 6.07) is 6.69. The Bertz CT molecular complexity index is 554. The Morgan fingerprint density at radius 1 is 1.24 bits per heavy atom. The van der Waals surface area contributed by atoms with Crippen LogP contribution in [0.1, 0.15) is 30.4 Å².